The molecular formula is C21H17Br2NOS. The number of carbonyl (C=O) groups excluding carboxylic acids is 1. The molecule has 0 saturated carbocycles. The van der Waals surface area contributed by atoms with Crippen molar-refractivity contribution in [3.05, 3.63) is 92.9 Å². The van der Waals surface area contributed by atoms with E-state index in [2.05, 4.69) is 44.0 Å². The van der Waals surface area contributed by atoms with E-state index in [0.29, 0.717) is 6.42 Å². The smallest absolute Gasteiger partial charge is 0.164 e. The second-order valence-electron chi connectivity index (χ2n) is 5.83. The molecule has 0 aliphatic rings. The van der Waals surface area contributed by atoms with Crippen molar-refractivity contribution in [1.29, 1.82) is 0 Å². The van der Waals surface area contributed by atoms with Crippen LogP contribution in [0, 0.1) is 0 Å². The highest BCUT2D eigenvalue weighted by atomic mass is 79.9. The lowest BCUT2D eigenvalue weighted by molar-refractivity contribution is 0.0982. The first kappa shape index (κ1) is 19.2. The quantitative estimate of drug-likeness (QED) is 0.232. The topological polar surface area (TPSA) is 43.1 Å². The Kier molecular flexibility index (Phi) is 6.57. The average Bonchev–Trinajstić information content (AvgIpc) is 2.63. The van der Waals surface area contributed by atoms with Gasteiger partial charge in [-0.3, -0.25) is 4.79 Å². The van der Waals surface area contributed by atoms with E-state index in [9.17, 15) is 4.79 Å². The Hall–Kier alpha value is -1.56. The van der Waals surface area contributed by atoms with Crippen LogP contribution in [0.3, 0.4) is 0 Å². The second kappa shape index (κ2) is 8.89. The van der Waals surface area contributed by atoms with Gasteiger partial charge in [0.05, 0.1) is 0 Å². The van der Waals surface area contributed by atoms with Gasteiger partial charge in [-0.15, -0.1) is 11.8 Å². The fourth-order valence-electron chi connectivity index (χ4n) is 2.60. The number of thioether (sulfide) groups is 1. The molecule has 132 valence electrons. The van der Waals surface area contributed by atoms with E-state index >= 15 is 0 Å². The number of halogens is 2. The Morgan fingerprint density at radius 1 is 0.923 bits per heavy atom. The van der Waals surface area contributed by atoms with Crippen molar-refractivity contribution in [2.24, 2.45) is 0 Å². The first-order valence-electron chi connectivity index (χ1n) is 8.08. The molecule has 0 radical (unpaired) electrons. The molecule has 0 saturated heterocycles. The fraction of sp³-hybridized carbons (Fsp3) is 0.0952. The summed E-state index contributed by atoms with van der Waals surface area (Å²) in [4.78, 5) is 13.8. The van der Waals surface area contributed by atoms with E-state index in [1.807, 2.05) is 60.7 Å². The van der Waals surface area contributed by atoms with Crippen LogP contribution < -0.4 is 5.73 Å². The number of benzene rings is 3. The van der Waals surface area contributed by atoms with Crippen LogP contribution in [0.1, 0.15) is 27.6 Å². The summed E-state index contributed by atoms with van der Waals surface area (Å²) in [6, 6.07) is 23.3. The Balaban J connectivity index is 1.88. The third-order valence-electron chi connectivity index (χ3n) is 3.95. The van der Waals surface area contributed by atoms with Crippen LogP contribution in [-0.4, -0.2) is 5.78 Å². The standard InChI is InChI=1S/C21H17Br2NOS/c22-16-10-8-14(9-11-16)19(25)13-21(15-4-3-5-17(23)12-15)26-20-7-2-1-6-18(20)24/h1-12,21H,13,24H2/t21-/m0/s1. The molecule has 0 amide bonds. The number of carbonyl (C=O) groups is 1. The van der Waals surface area contributed by atoms with E-state index in [1.54, 1.807) is 11.8 Å². The van der Waals surface area contributed by atoms with E-state index in [1.165, 1.54) is 0 Å². The number of rotatable bonds is 6. The lowest BCUT2D eigenvalue weighted by atomic mass is 10.0. The summed E-state index contributed by atoms with van der Waals surface area (Å²) in [5.74, 6) is 0.115. The molecule has 0 fully saturated rings. The number of nitrogen functional groups attached to an aromatic ring is 1. The van der Waals surface area contributed by atoms with E-state index in [-0.39, 0.29) is 11.0 Å². The summed E-state index contributed by atoms with van der Waals surface area (Å²) < 4.78 is 1.96. The Labute approximate surface area is 174 Å². The number of Topliss-reactive ketones (excluding diaryl/α,β-unsaturated/α-hetero) is 1. The number of anilines is 1. The Bertz CT molecular complexity index is 912. The van der Waals surface area contributed by atoms with E-state index in [0.717, 1.165) is 30.7 Å². The minimum absolute atomic E-state index is 0.0200. The van der Waals surface area contributed by atoms with Crippen LogP contribution in [-0.2, 0) is 0 Å². The summed E-state index contributed by atoms with van der Waals surface area (Å²) >= 11 is 8.56. The molecule has 0 spiro atoms. The molecule has 2 nitrogen and oxygen atoms in total. The van der Waals surface area contributed by atoms with Crippen molar-refractivity contribution in [1.82, 2.24) is 0 Å². The lowest BCUT2D eigenvalue weighted by Gasteiger charge is -2.18. The largest absolute Gasteiger partial charge is 0.398 e. The van der Waals surface area contributed by atoms with Crippen LogP contribution in [0.25, 0.3) is 0 Å². The van der Waals surface area contributed by atoms with Gasteiger partial charge in [-0.25, -0.2) is 0 Å². The molecular weight excluding hydrogens is 474 g/mol. The zero-order valence-electron chi connectivity index (χ0n) is 13.9. The molecule has 0 aliphatic carbocycles. The number of hydrogen-bond donors (Lipinski definition) is 1. The Morgan fingerprint density at radius 2 is 1.65 bits per heavy atom. The maximum atomic E-state index is 12.8. The van der Waals surface area contributed by atoms with Gasteiger partial charge in [0.1, 0.15) is 0 Å². The summed E-state index contributed by atoms with van der Waals surface area (Å²) in [6.45, 7) is 0. The van der Waals surface area contributed by atoms with Gasteiger partial charge in [0.2, 0.25) is 0 Å². The fourth-order valence-corrected chi connectivity index (χ4v) is 4.46. The van der Waals surface area contributed by atoms with Crippen LogP contribution in [0.5, 0.6) is 0 Å². The van der Waals surface area contributed by atoms with Gasteiger partial charge < -0.3 is 5.73 Å². The molecule has 0 bridgehead atoms. The molecule has 0 unspecified atom stereocenters. The first-order valence-corrected chi connectivity index (χ1v) is 10.5. The minimum atomic E-state index is -0.0200. The van der Waals surface area contributed by atoms with Crippen molar-refractivity contribution < 1.29 is 4.79 Å². The molecule has 3 aromatic carbocycles. The highest BCUT2D eigenvalue weighted by molar-refractivity contribution is 9.10. The average molecular weight is 491 g/mol. The number of para-hydroxylation sites is 1. The van der Waals surface area contributed by atoms with E-state index < -0.39 is 0 Å². The molecule has 1 atom stereocenters. The SMILES string of the molecule is Nc1ccccc1S[C@@H](CC(=O)c1ccc(Br)cc1)c1cccc(Br)c1. The zero-order chi connectivity index (χ0) is 18.5. The molecule has 3 rings (SSSR count). The molecule has 2 N–H and O–H groups in total. The summed E-state index contributed by atoms with van der Waals surface area (Å²) in [6.07, 6.45) is 0.400. The van der Waals surface area contributed by atoms with Crippen molar-refractivity contribution >= 4 is 55.1 Å². The predicted molar refractivity (Wildman–Crippen MR) is 117 cm³/mol. The third kappa shape index (κ3) is 5.00. The zero-order valence-corrected chi connectivity index (χ0v) is 17.9. The van der Waals surface area contributed by atoms with Gasteiger partial charge in [0.15, 0.2) is 5.78 Å². The minimum Gasteiger partial charge on any atom is -0.398 e. The van der Waals surface area contributed by atoms with Crippen LogP contribution in [0.15, 0.2) is 86.6 Å². The first-order chi connectivity index (χ1) is 12.5. The maximum Gasteiger partial charge on any atom is 0.164 e. The van der Waals surface area contributed by atoms with Crippen molar-refractivity contribution in [2.45, 2.75) is 16.6 Å². The molecule has 3 aromatic rings. The summed E-state index contributed by atoms with van der Waals surface area (Å²) in [5.41, 5.74) is 8.66. The molecule has 0 heterocycles. The second-order valence-corrected chi connectivity index (χ2v) is 8.91. The van der Waals surface area contributed by atoms with Crippen LogP contribution >= 0.6 is 43.6 Å². The monoisotopic (exact) mass is 489 g/mol. The van der Waals surface area contributed by atoms with Gasteiger partial charge in [-0.2, -0.15) is 0 Å². The summed E-state index contributed by atoms with van der Waals surface area (Å²) in [5, 5.41) is -0.0200. The maximum absolute atomic E-state index is 12.8. The molecule has 26 heavy (non-hydrogen) atoms. The van der Waals surface area contributed by atoms with Crippen molar-refractivity contribution in [2.75, 3.05) is 5.73 Å². The lowest BCUT2D eigenvalue weighted by Crippen LogP contribution is -2.06. The van der Waals surface area contributed by atoms with Crippen molar-refractivity contribution in [3.8, 4) is 0 Å². The molecule has 5 heteroatoms. The summed E-state index contributed by atoms with van der Waals surface area (Å²) in [7, 11) is 0. The van der Waals surface area contributed by atoms with Crippen molar-refractivity contribution in [3.63, 3.8) is 0 Å². The molecule has 0 aromatic heterocycles. The number of nitrogens with two attached hydrogens (primary N) is 1. The van der Waals surface area contributed by atoms with Gasteiger partial charge >= 0.3 is 0 Å². The predicted octanol–water partition coefficient (Wildman–Crippen LogP) is 6.90. The van der Waals surface area contributed by atoms with Crippen LogP contribution in [0.4, 0.5) is 5.69 Å². The van der Waals surface area contributed by atoms with Crippen LogP contribution in [0.2, 0.25) is 0 Å². The van der Waals surface area contributed by atoms with Gasteiger partial charge in [0, 0.05) is 36.8 Å². The molecule has 0 aliphatic heterocycles. The third-order valence-corrected chi connectivity index (χ3v) is 6.32. The van der Waals surface area contributed by atoms with Gasteiger partial charge in [-0.1, -0.05) is 68.3 Å². The van der Waals surface area contributed by atoms with Gasteiger partial charge in [-0.05, 0) is 42.0 Å². The number of hydrogen-bond acceptors (Lipinski definition) is 3. The van der Waals surface area contributed by atoms with E-state index in [4.69, 9.17) is 5.73 Å². The highest BCUT2D eigenvalue weighted by Gasteiger charge is 2.20. The normalized spacial score (nSPS) is 11.9. The highest BCUT2D eigenvalue weighted by Crippen LogP contribution is 2.41. The van der Waals surface area contributed by atoms with Gasteiger partial charge in [0.25, 0.3) is 0 Å². The Morgan fingerprint density at radius 3 is 2.35 bits per heavy atom. The number of ketones is 1.